The summed E-state index contributed by atoms with van der Waals surface area (Å²) in [5.74, 6) is 1.63. The van der Waals surface area contributed by atoms with Gasteiger partial charge in [0.15, 0.2) is 5.82 Å². The van der Waals surface area contributed by atoms with Crippen LogP contribution < -0.4 is 5.32 Å². The molecule has 112 valence electrons. The molecule has 3 nitrogen and oxygen atoms in total. The zero-order valence-corrected chi connectivity index (χ0v) is 12.4. The number of benzene rings is 1. The van der Waals surface area contributed by atoms with Crippen LogP contribution in [0.3, 0.4) is 0 Å². The second-order valence-electron chi connectivity index (χ2n) is 5.34. The molecule has 2 aromatic rings. The Morgan fingerprint density at radius 3 is 2.52 bits per heavy atom. The summed E-state index contributed by atoms with van der Waals surface area (Å²) in [5, 5.41) is 2.99. The van der Waals surface area contributed by atoms with Crippen LogP contribution >= 0.6 is 0 Å². The maximum absolute atomic E-state index is 12.8. The van der Waals surface area contributed by atoms with Crippen LogP contribution in [0.15, 0.2) is 30.3 Å². The summed E-state index contributed by atoms with van der Waals surface area (Å²) >= 11 is 0. The minimum absolute atomic E-state index is 0.0172. The fourth-order valence-corrected chi connectivity index (χ4v) is 2.09. The SMILES string of the molecule is CNc1cc(CC(C)C)nc(-c2cccc(C(F)F)c2)n1. The average Bonchev–Trinajstić information content (AvgIpc) is 2.46. The highest BCUT2D eigenvalue weighted by molar-refractivity contribution is 5.58. The first-order chi connectivity index (χ1) is 9.99. The fraction of sp³-hybridized carbons (Fsp3) is 0.375. The van der Waals surface area contributed by atoms with Crippen LogP contribution in [0.2, 0.25) is 0 Å². The van der Waals surface area contributed by atoms with Crippen molar-refractivity contribution in [2.45, 2.75) is 26.7 Å². The van der Waals surface area contributed by atoms with Gasteiger partial charge in [-0.3, -0.25) is 0 Å². The Labute approximate surface area is 123 Å². The molecule has 0 aliphatic carbocycles. The third-order valence-corrected chi connectivity index (χ3v) is 3.05. The quantitative estimate of drug-likeness (QED) is 0.891. The topological polar surface area (TPSA) is 37.8 Å². The summed E-state index contributed by atoms with van der Waals surface area (Å²) in [5.41, 5.74) is 1.49. The van der Waals surface area contributed by atoms with Crippen molar-refractivity contribution in [1.29, 1.82) is 0 Å². The van der Waals surface area contributed by atoms with Gasteiger partial charge >= 0.3 is 0 Å². The van der Waals surface area contributed by atoms with E-state index in [9.17, 15) is 8.78 Å². The van der Waals surface area contributed by atoms with Gasteiger partial charge in [0.25, 0.3) is 6.43 Å². The van der Waals surface area contributed by atoms with Crippen LogP contribution in [0.4, 0.5) is 14.6 Å². The number of anilines is 1. The lowest BCUT2D eigenvalue weighted by Crippen LogP contribution is -2.04. The molecule has 1 N–H and O–H groups in total. The fourth-order valence-electron chi connectivity index (χ4n) is 2.09. The van der Waals surface area contributed by atoms with E-state index in [1.807, 2.05) is 6.07 Å². The van der Waals surface area contributed by atoms with Crippen molar-refractivity contribution in [3.63, 3.8) is 0 Å². The average molecular weight is 291 g/mol. The molecule has 0 fully saturated rings. The van der Waals surface area contributed by atoms with Gasteiger partial charge in [0.1, 0.15) is 5.82 Å². The molecule has 21 heavy (non-hydrogen) atoms. The highest BCUT2D eigenvalue weighted by Crippen LogP contribution is 2.25. The van der Waals surface area contributed by atoms with E-state index in [2.05, 4.69) is 29.1 Å². The van der Waals surface area contributed by atoms with E-state index in [-0.39, 0.29) is 5.56 Å². The molecule has 0 saturated carbocycles. The molecule has 0 atom stereocenters. The van der Waals surface area contributed by atoms with Crippen LogP contribution in [0.1, 0.15) is 31.5 Å². The predicted octanol–water partition coefficient (Wildman–Crippen LogP) is 4.32. The molecule has 0 spiro atoms. The Balaban J connectivity index is 2.44. The lowest BCUT2D eigenvalue weighted by molar-refractivity contribution is 0.151. The van der Waals surface area contributed by atoms with Crippen molar-refractivity contribution in [2.24, 2.45) is 5.92 Å². The lowest BCUT2D eigenvalue weighted by atomic mass is 10.1. The van der Waals surface area contributed by atoms with Crippen LogP contribution in [-0.2, 0) is 6.42 Å². The van der Waals surface area contributed by atoms with Crippen molar-refractivity contribution in [3.8, 4) is 11.4 Å². The normalized spacial score (nSPS) is 11.2. The second kappa shape index (κ2) is 6.61. The lowest BCUT2D eigenvalue weighted by Gasteiger charge is -2.10. The third kappa shape index (κ3) is 3.97. The summed E-state index contributed by atoms with van der Waals surface area (Å²) < 4.78 is 25.6. The van der Waals surface area contributed by atoms with E-state index >= 15 is 0 Å². The van der Waals surface area contributed by atoms with Gasteiger partial charge < -0.3 is 5.32 Å². The molecule has 0 aliphatic heterocycles. The van der Waals surface area contributed by atoms with E-state index < -0.39 is 6.43 Å². The second-order valence-corrected chi connectivity index (χ2v) is 5.34. The molecule has 0 aliphatic rings. The smallest absolute Gasteiger partial charge is 0.263 e. The van der Waals surface area contributed by atoms with Gasteiger partial charge in [0.05, 0.1) is 0 Å². The molecule has 1 heterocycles. The number of rotatable bonds is 5. The number of hydrogen-bond donors (Lipinski definition) is 1. The number of nitrogens with zero attached hydrogens (tertiary/aromatic N) is 2. The summed E-state index contributed by atoms with van der Waals surface area (Å²) in [4.78, 5) is 8.86. The van der Waals surface area contributed by atoms with Crippen LogP contribution in [0.5, 0.6) is 0 Å². The van der Waals surface area contributed by atoms with Crippen LogP contribution in [0.25, 0.3) is 11.4 Å². The van der Waals surface area contributed by atoms with Gasteiger partial charge in [0, 0.05) is 29.9 Å². The summed E-state index contributed by atoms with van der Waals surface area (Å²) in [6.45, 7) is 4.22. The van der Waals surface area contributed by atoms with Gasteiger partial charge in [-0.25, -0.2) is 18.7 Å². The molecular weight excluding hydrogens is 272 g/mol. The molecule has 1 aromatic heterocycles. The van der Waals surface area contributed by atoms with E-state index in [0.717, 1.165) is 12.1 Å². The minimum Gasteiger partial charge on any atom is -0.373 e. The number of alkyl halides is 2. The van der Waals surface area contributed by atoms with Crippen molar-refractivity contribution < 1.29 is 8.78 Å². The molecule has 0 radical (unpaired) electrons. The third-order valence-electron chi connectivity index (χ3n) is 3.05. The highest BCUT2D eigenvalue weighted by atomic mass is 19.3. The van der Waals surface area contributed by atoms with Gasteiger partial charge in [-0.05, 0) is 18.4 Å². The highest BCUT2D eigenvalue weighted by Gasteiger charge is 2.11. The van der Waals surface area contributed by atoms with Gasteiger partial charge in [-0.2, -0.15) is 0 Å². The minimum atomic E-state index is -2.49. The molecule has 0 bridgehead atoms. The first-order valence-electron chi connectivity index (χ1n) is 6.93. The standard InChI is InChI=1S/C16H19F2N3/c1-10(2)7-13-9-14(19-3)21-16(20-13)12-6-4-5-11(8-12)15(17)18/h4-6,8-10,15H,7H2,1-3H3,(H,19,20,21). The van der Waals surface area contributed by atoms with E-state index in [4.69, 9.17) is 0 Å². The number of halogens is 2. The number of hydrogen-bond acceptors (Lipinski definition) is 3. The Kier molecular flexibility index (Phi) is 4.83. The van der Waals surface area contributed by atoms with Crippen molar-refractivity contribution in [1.82, 2.24) is 9.97 Å². The van der Waals surface area contributed by atoms with Gasteiger partial charge in [-0.1, -0.05) is 32.0 Å². The first kappa shape index (κ1) is 15.4. The van der Waals surface area contributed by atoms with Gasteiger partial charge in [0.2, 0.25) is 0 Å². The largest absolute Gasteiger partial charge is 0.373 e. The summed E-state index contributed by atoms with van der Waals surface area (Å²) in [6.07, 6.45) is -1.67. The Morgan fingerprint density at radius 2 is 1.90 bits per heavy atom. The van der Waals surface area contributed by atoms with E-state index in [1.165, 1.54) is 12.1 Å². The van der Waals surface area contributed by atoms with Gasteiger partial charge in [-0.15, -0.1) is 0 Å². The zero-order chi connectivity index (χ0) is 15.4. The maximum atomic E-state index is 12.8. The molecule has 1 aromatic carbocycles. The Hall–Kier alpha value is -2.04. The molecule has 2 rings (SSSR count). The van der Waals surface area contributed by atoms with E-state index in [1.54, 1.807) is 19.2 Å². The van der Waals surface area contributed by atoms with Crippen molar-refractivity contribution >= 4 is 5.82 Å². The van der Waals surface area contributed by atoms with Crippen molar-refractivity contribution in [3.05, 3.63) is 41.6 Å². The zero-order valence-electron chi connectivity index (χ0n) is 12.4. The number of aromatic nitrogens is 2. The number of nitrogens with one attached hydrogen (secondary N) is 1. The molecule has 0 amide bonds. The molecular formula is C16H19F2N3. The monoisotopic (exact) mass is 291 g/mol. The van der Waals surface area contributed by atoms with Crippen LogP contribution in [-0.4, -0.2) is 17.0 Å². The Morgan fingerprint density at radius 1 is 1.14 bits per heavy atom. The first-order valence-corrected chi connectivity index (χ1v) is 6.93. The Bertz CT molecular complexity index is 612. The molecule has 0 saturated heterocycles. The predicted molar refractivity (Wildman–Crippen MR) is 80.5 cm³/mol. The van der Waals surface area contributed by atoms with Crippen molar-refractivity contribution in [2.75, 3.05) is 12.4 Å². The summed E-state index contributed by atoms with van der Waals surface area (Å²) in [7, 11) is 1.78. The van der Waals surface area contributed by atoms with Crippen LogP contribution in [0, 0.1) is 5.92 Å². The molecule has 0 unspecified atom stereocenters. The molecule has 5 heteroatoms. The van der Waals surface area contributed by atoms with E-state index in [0.29, 0.717) is 23.1 Å². The maximum Gasteiger partial charge on any atom is 0.263 e. The summed E-state index contributed by atoms with van der Waals surface area (Å²) in [6, 6.07) is 8.10.